The molecule has 2 N–H and O–H groups in total. The minimum absolute atomic E-state index is 0.456. The fourth-order valence-electron chi connectivity index (χ4n) is 2.33. The smallest absolute Gasteiger partial charge is 0.300 e. The van der Waals surface area contributed by atoms with Crippen molar-refractivity contribution < 1.29 is 14.2 Å². The average Bonchev–Trinajstić information content (AvgIpc) is 2.98. The standard InChI is InChI=1S/C14H18N2O3/c1-2-3-6-17-10-4-5-11-12(9-10)14(16-13(11)15)18-7-8-19-14/h4-5,9H,2-3,6-8H2,1H3,(H2,15,16). The molecular formula is C14H18N2O3. The summed E-state index contributed by atoms with van der Waals surface area (Å²) in [5.41, 5.74) is 7.63. The highest BCUT2D eigenvalue weighted by atomic mass is 16.8. The third-order valence-corrected chi connectivity index (χ3v) is 3.32. The fourth-order valence-corrected chi connectivity index (χ4v) is 2.33. The Morgan fingerprint density at radius 3 is 2.89 bits per heavy atom. The van der Waals surface area contributed by atoms with Crippen LogP contribution in [0.5, 0.6) is 5.75 Å². The van der Waals surface area contributed by atoms with Crippen LogP contribution in [0.1, 0.15) is 30.9 Å². The van der Waals surface area contributed by atoms with Crippen molar-refractivity contribution in [2.24, 2.45) is 10.7 Å². The van der Waals surface area contributed by atoms with Gasteiger partial charge in [-0.25, -0.2) is 4.99 Å². The molecule has 0 bridgehead atoms. The second-order valence-corrected chi connectivity index (χ2v) is 4.69. The van der Waals surface area contributed by atoms with Crippen molar-refractivity contribution in [3.8, 4) is 5.75 Å². The summed E-state index contributed by atoms with van der Waals surface area (Å²) in [4.78, 5) is 4.32. The third kappa shape index (κ3) is 2.09. The number of nitrogens with two attached hydrogens (primary N) is 1. The van der Waals surface area contributed by atoms with E-state index in [4.69, 9.17) is 19.9 Å². The van der Waals surface area contributed by atoms with E-state index in [-0.39, 0.29) is 0 Å². The molecule has 0 radical (unpaired) electrons. The minimum Gasteiger partial charge on any atom is -0.494 e. The Kier molecular flexibility index (Phi) is 3.16. The van der Waals surface area contributed by atoms with Gasteiger partial charge in [0, 0.05) is 5.56 Å². The lowest BCUT2D eigenvalue weighted by atomic mass is 10.1. The minimum atomic E-state index is -1.04. The van der Waals surface area contributed by atoms with Gasteiger partial charge < -0.3 is 19.9 Å². The molecule has 2 heterocycles. The fraction of sp³-hybridized carbons (Fsp3) is 0.500. The number of fused-ring (bicyclic) bond motifs is 2. The van der Waals surface area contributed by atoms with Crippen LogP contribution in [0.3, 0.4) is 0 Å². The van der Waals surface area contributed by atoms with Crippen LogP contribution in [0.15, 0.2) is 23.2 Å². The van der Waals surface area contributed by atoms with Gasteiger partial charge in [0.25, 0.3) is 0 Å². The first kappa shape index (κ1) is 12.4. The lowest BCUT2D eigenvalue weighted by molar-refractivity contribution is -0.155. The van der Waals surface area contributed by atoms with E-state index in [0.29, 0.717) is 25.7 Å². The maximum absolute atomic E-state index is 5.92. The van der Waals surface area contributed by atoms with E-state index in [1.165, 1.54) is 0 Å². The van der Waals surface area contributed by atoms with E-state index in [0.717, 1.165) is 29.7 Å². The zero-order valence-electron chi connectivity index (χ0n) is 11.0. The zero-order chi connectivity index (χ0) is 13.3. The highest BCUT2D eigenvalue weighted by Gasteiger charge is 2.45. The topological polar surface area (TPSA) is 66.1 Å². The van der Waals surface area contributed by atoms with Crippen LogP contribution in [0.2, 0.25) is 0 Å². The van der Waals surface area contributed by atoms with Gasteiger partial charge in [-0.2, -0.15) is 0 Å². The van der Waals surface area contributed by atoms with Crippen molar-refractivity contribution in [2.75, 3.05) is 19.8 Å². The van der Waals surface area contributed by atoms with Gasteiger partial charge in [0.05, 0.1) is 25.4 Å². The molecule has 0 atom stereocenters. The summed E-state index contributed by atoms with van der Waals surface area (Å²) in [5.74, 6) is 0.219. The molecule has 1 saturated heterocycles. The first-order valence-electron chi connectivity index (χ1n) is 6.66. The number of hydrogen-bond acceptors (Lipinski definition) is 5. The lowest BCUT2D eigenvalue weighted by Gasteiger charge is -2.19. The van der Waals surface area contributed by atoms with Gasteiger partial charge in [0.1, 0.15) is 11.6 Å². The molecule has 0 unspecified atom stereocenters. The highest BCUT2D eigenvalue weighted by Crippen LogP contribution is 2.41. The molecule has 1 aromatic rings. The van der Waals surface area contributed by atoms with Gasteiger partial charge in [-0.3, -0.25) is 0 Å². The van der Waals surface area contributed by atoms with Crippen LogP contribution in [0.25, 0.3) is 0 Å². The highest BCUT2D eigenvalue weighted by molar-refractivity contribution is 6.01. The van der Waals surface area contributed by atoms with Crippen molar-refractivity contribution in [3.63, 3.8) is 0 Å². The van der Waals surface area contributed by atoms with E-state index < -0.39 is 5.91 Å². The first-order chi connectivity index (χ1) is 9.25. The second kappa shape index (κ2) is 4.83. The monoisotopic (exact) mass is 262 g/mol. The molecule has 3 rings (SSSR count). The predicted octanol–water partition coefficient (Wildman–Crippen LogP) is 1.74. The van der Waals surface area contributed by atoms with E-state index in [1.807, 2.05) is 18.2 Å². The molecule has 19 heavy (non-hydrogen) atoms. The van der Waals surface area contributed by atoms with Gasteiger partial charge in [0.15, 0.2) is 0 Å². The van der Waals surface area contributed by atoms with Crippen molar-refractivity contribution in [1.82, 2.24) is 0 Å². The molecule has 1 fully saturated rings. The molecule has 0 aliphatic carbocycles. The summed E-state index contributed by atoms with van der Waals surface area (Å²) in [7, 11) is 0. The van der Waals surface area contributed by atoms with E-state index in [2.05, 4.69) is 11.9 Å². The maximum Gasteiger partial charge on any atom is 0.300 e. The van der Waals surface area contributed by atoms with Crippen molar-refractivity contribution in [2.45, 2.75) is 25.7 Å². The van der Waals surface area contributed by atoms with E-state index >= 15 is 0 Å². The molecule has 0 amide bonds. The number of benzene rings is 1. The van der Waals surface area contributed by atoms with Crippen LogP contribution < -0.4 is 10.5 Å². The molecule has 0 saturated carbocycles. The van der Waals surface area contributed by atoms with Gasteiger partial charge >= 0.3 is 5.91 Å². The Bertz CT molecular complexity index is 507. The molecule has 5 heteroatoms. The van der Waals surface area contributed by atoms with Gasteiger partial charge in [0.2, 0.25) is 0 Å². The predicted molar refractivity (Wildman–Crippen MR) is 71.2 cm³/mol. The number of aliphatic imine (C=N–C) groups is 1. The number of amidine groups is 1. The largest absolute Gasteiger partial charge is 0.494 e. The quantitative estimate of drug-likeness (QED) is 0.839. The summed E-state index contributed by atoms with van der Waals surface area (Å²) in [6, 6.07) is 5.74. The van der Waals surface area contributed by atoms with Crippen LogP contribution in [0.4, 0.5) is 0 Å². The molecule has 2 aliphatic heterocycles. The average molecular weight is 262 g/mol. The summed E-state index contributed by atoms with van der Waals surface area (Å²) in [5, 5.41) is 0. The number of rotatable bonds is 4. The molecular weight excluding hydrogens is 244 g/mol. The molecule has 5 nitrogen and oxygen atoms in total. The van der Waals surface area contributed by atoms with Gasteiger partial charge in [-0.05, 0) is 24.6 Å². The summed E-state index contributed by atoms with van der Waals surface area (Å²) in [6.07, 6.45) is 2.14. The molecule has 1 aromatic carbocycles. The zero-order valence-corrected chi connectivity index (χ0v) is 11.0. The number of hydrogen-bond donors (Lipinski definition) is 1. The lowest BCUT2D eigenvalue weighted by Crippen LogP contribution is -2.22. The van der Waals surface area contributed by atoms with Crippen molar-refractivity contribution in [1.29, 1.82) is 0 Å². The Labute approximate surface area is 112 Å². The SMILES string of the molecule is CCCCOc1ccc2c(c1)C1(N=C2N)OCCO1. The van der Waals surface area contributed by atoms with Crippen LogP contribution in [-0.4, -0.2) is 25.7 Å². The number of unbranched alkanes of at least 4 members (excludes halogenated alkanes) is 1. The van der Waals surface area contributed by atoms with Crippen LogP contribution in [0, 0.1) is 0 Å². The van der Waals surface area contributed by atoms with E-state index in [1.54, 1.807) is 0 Å². The van der Waals surface area contributed by atoms with E-state index in [9.17, 15) is 0 Å². The molecule has 1 spiro atoms. The Hall–Kier alpha value is -1.59. The van der Waals surface area contributed by atoms with Gasteiger partial charge in [-0.15, -0.1) is 0 Å². The van der Waals surface area contributed by atoms with Crippen LogP contribution in [-0.2, 0) is 15.4 Å². The number of ether oxygens (including phenoxy) is 3. The van der Waals surface area contributed by atoms with Crippen molar-refractivity contribution in [3.05, 3.63) is 29.3 Å². The van der Waals surface area contributed by atoms with Gasteiger partial charge in [-0.1, -0.05) is 13.3 Å². The summed E-state index contributed by atoms with van der Waals surface area (Å²) < 4.78 is 17.0. The van der Waals surface area contributed by atoms with Crippen molar-refractivity contribution >= 4 is 5.84 Å². The first-order valence-corrected chi connectivity index (χ1v) is 6.66. The van der Waals surface area contributed by atoms with Crippen LogP contribution >= 0.6 is 0 Å². The number of nitrogens with zero attached hydrogens (tertiary/aromatic N) is 1. The normalized spacial score (nSPS) is 19.5. The second-order valence-electron chi connectivity index (χ2n) is 4.69. The summed E-state index contributed by atoms with van der Waals surface area (Å²) >= 11 is 0. The Morgan fingerprint density at radius 2 is 2.16 bits per heavy atom. The third-order valence-electron chi connectivity index (χ3n) is 3.32. The molecule has 0 aromatic heterocycles. The Balaban J connectivity index is 1.88. The molecule has 102 valence electrons. The summed E-state index contributed by atoms with van der Waals surface area (Å²) in [6.45, 7) is 3.89. The Morgan fingerprint density at radius 1 is 1.37 bits per heavy atom. The maximum atomic E-state index is 5.92. The molecule has 2 aliphatic rings.